The molecule has 3 aliphatic carbocycles. The predicted octanol–water partition coefficient (Wildman–Crippen LogP) is 4.97. The summed E-state index contributed by atoms with van der Waals surface area (Å²) in [6, 6.07) is 11.1. The van der Waals surface area contributed by atoms with E-state index >= 15 is 0 Å². The van der Waals surface area contributed by atoms with Crippen molar-refractivity contribution in [3.05, 3.63) is 63.9 Å². The third-order valence-electron chi connectivity index (χ3n) is 7.35. The Morgan fingerprint density at radius 1 is 1.08 bits per heavy atom. The van der Waals surface area contributed by atoms with E-state index in [9.17, 15) is 19.1 Å². The fraction of sp³-hybridized carbons (Fsp3) is 0.462. The van der Waals surface area contributed by atoms with Crippen molar-refractivity contribution in [2.45, 2.75) is 61.6 Å². The molecular weight excluding hydrogens is 530 g/mol. The van der Waals surface area contributed by atoms with Crippen LogP contribution in [0.2, 0.25) is 10.0 Å². The number of nitrogens with one attached hydrogen (secondary N) is 2. The molecule has 3 N–H and O–H groups in total. The molecule has 2 aromatic carbocycles. The van der Waals surface area contributed by atoms with E-state index in [0.29, 0.717) is 49.4 Å². The van der Waals surface area contributed by atoms with Crippen LogP contribution in [0.25, 0.3) is 0 Å². The number of fused-ring (bicyclic) bond motifs is 3. The molecule has 10 heteroatoms. The molecule has 2 atom stereocenters. The van der Waals surface area contributed by atoms with E-state index < -0.39 is 34.8 Å². The van der Waals surface area contributed by atoms with Crippen LogP contribution in [-0.4, -0.2) is 46.6 Å². The Balaban J connectivity index is 1.36. The van der Waals surface area contributed by atoms with E-state index in [4.69, 9.17) is 39.5 Å². The van der Waals surface area contributed by atoms with Crippen LogP contribution >= 0.6 is 34.8 Å². The number of hydrogen-bond donors (Lipinski definition) is 3. The number of alkyl halides is 1. The van der Waals surface area contributed by atoms with Crippen LogP contribution in [0.4, 0.5) is 4.39 Å². The third kappa shape index (κ3) is 5.91. The molecule has 5 rings (SSSR count). The van der Waals surface area contributed by atoms with Gasteiger partial charge in [0, 0.05) is 22.5 Å². The van der Waals surface area contributed by atoms with Crippen LogP contribution < -0.4 is 15.4 Å². The molecule has 3 fully saturated rings. The van der Waals surface area contributed by atoms with Gasteiger partial charge in [0.25, 0.3) is 5.91 Å². The van der Waals surface area contributed by atoms with Crippen LogP contribution in [0, 0.1) is 5.82 Å². The Morgan fingerprint density at radius 2 is 1.78 bits per heavy atom. The van der Waals surface area contributed by atoms with Crippen molar-refractivity contribution in [2.24, 2.45) is 0 Å². The lowest BCUT2D eigenvalue weighted by atomic mass is 9.59. The molecular formula is C26H28Cl3FN2O4. The highest BCUT2D eigenvalue weighted by Gasteiger charge is 2.55. The van der Waals surface area contributed by atoms with Gasteiger partial charge in [-0.1, -0.05) is 35.3 Å². The first-order valence-corrected chi connectivity index (χ1v) is 13.1. The number of rotatable bonds is 9. The molecule has 2 aromatic rings. The molecule has 1 unspecified atom stereocenters. The summed E-state index contributed by atoms with van der Waals surface area (Å²) in [5.74, 6) is -1.08. The van der Waals surface area contributed by atoms with Crippen LogP contribution in [0.5, 0.6) is 5.75 Å². The number of carbonyl (C=O) groups is 2. The average Bonchev–Trinajstić information content (AvgIpc) is 2.85. The maximum Gasteiger partial charge on any atom is 0.258 e. The molecule has 36 heavy (non-hydrogen) atoms. The number of aliphatic hydroxyl groups is 1. The van der Waals surface area contributed by atoms with Crippen LogP contribution in [0.3, 0.4) is 0 Å². The molecule has 0 aliphatic heterocycles. The second-order valence-electron chi connectivity index (χ2n) is 9.64. The Morgan fingerprint density at radius 3 is 2.39 bits per heavy atom. The maximum atomic E-state index is 13.6. The van der Waals surface area contributed by atoms with Gasteiger partial charge in [-0.3, -0.25) is 9.59 Å². The zero-order valence-electron chi connectivity index (χ0n) is 19.5. The molecule has 194 valence electrons. The summed E-state index contributed by atoms with van der Waals surface area (Å²) in [6.45, 7) is -0.321. The summed E-state index contributed by atoms with van der Waals surface area (Å²) >= 11 is 17.7. The Bertz CT molecular complexity index is 1110. The minimum absolute atomic E-state index is 0.0315. The van der Waals surface area contributed by atoms with E-state index in [1.165, 1.54) is 12.1 Å². The molecule has 6 nitrogen and oxygen atoms in total. The van der Waals surface area contributed by atoms with E-state index in [-0.39, 0.29) is 23.3 Å². The fourth-order valence-corrected chi connectivity index (χ4v) is 5.75. The van der Waals surface area contributed by atoms with Gasteiger partial charge in [0.05, 0.1) is 22.6 Å². The van der Waals surface area contributed by atoms with Gasteiger partial charge >= 0.3 is 0 Å². The van der Waals surface area contributed by atoms with Gasteiger partial charge in [0.15, 0.2) is 6.61 Å². The minimum atomic E-state index is -0.834. The van der Waals surface area contributed by atoms with Gasteiger partial charge < -0.3 is 20.5 Å². The summed E-state index contributed by atoms with van der Waals surface area (Å²) in [5.41, 5.74) is -0.496. The highest BCUT2D eigenvalue weighted by atomic mass is 35.5. The van der Waals surface area contributed by atoms with E-state index in [0.717, 1.165) is 11.6 Å². The molecule has 0 radical (unpaired) electrons. The van der Waals surface area contributed by atoms with Crippen molar-refractivity contribution < 1.29 is 23.8 Å². The van der Waals surface area contributed by atoms with Gasteiger partial charge in [-0.05, 0) is 68.4 Å². The summed E-state index contributed by atoms with van der Waals surface area (Å²) in [4.78, 5) is 25.9. The first-order chi connectivity index (χ1) is 17.2. The summed E-state index contributed by atoms with van der Waals surface area (Å²) in [6.07, 6.45) is 2.23. The summed E-state index contributed by atoms with van der Waals surface area (Å²) in [5, 5.41) is 17.7. The van der Waals surface area contributed by atoms with Crippen LogP contribution in [0.15, 0.2) is 42.5 Å². The van der Waals surface area contributed by atoms with Gasteiger partial charge in [-0.25, -0.2) is 4.39 Å². The summed E-state index contributed by atoms with van der Waals surface area (Å²) in [7, 11) is 0. The Kier molecular flexibility index (Phi) is 8.35. The molecule has 2 bridgehead atoms. The summed E-state index contributed by atoms with van der Waals surface area (Å²) < 4.78 is 19.0. The smallest absolute Gasteiger partial charge is 0.258 e. The number of ether oxygens (including phenoxy) is 1. The van der Waals surface area contributed by atoms with E-state index in [2.05, 4.69) is 10.6 Å². The molecule has 3 aliphatic rings. The lowest BCUT2D eigenvalue weighted by molar-refractivity contribution is -0.136. The number of halogens is 4. The standard InChI is InChI=1S/C26H28Cl3FN2O4/c27-12-7-19(16-1-3-17(28)4-2-16)24(35)32-25-8-10-26(11-9-25,22(33)14-25)31-23(34)15-36-18-5-6-20(29)21(30)13-18/h1-6,13,19,22,33H,7-12,14-15H2,(H,31,34)(H,32,35)/t19?,22-,25?,26?/m0/s1. The molecule has 2 amide bonds. The SMILES string of the molecule is O=C(COc1ccc(Cl)c(F)c1)NC12CCC(NC(=O)C(CCCl)c3ccc(Cl)cc3)(CC1)C[C@@H]2O. The first kappa shape index (κ1) is 27.0. The zero-order valence-corrected chi connectivity index (χ0v) is 21.8. The van der Waals surface area contributed by atoms with Gasteiger partial charge in [-0.2, -0.15) is 0 Å². The number of aliphatic hydroxyl groups excluding tert-OH is 1. The van der Waals surface area contributed by atoms with Crippen molar-refractivity contribution in [3.8, 4) is 5.75 Å². The van der Waals surface area contributed by atoms with Crippen molar-refractivity contribution in [1.29, 1.82) is 0 Å². The number of hydrogen-bond acceptors (Lipinski definition) is 4. The van der Waals surface area contributed by atoms with Crippen LogP contribution in [-0.2, 0) is 9.59 Å². The Hall–Kier alpha value is -2.06. The topological polar surface area (TPSA) is 87.7 Å². The molecule has 0 heterocycles. The van der Waals surface area contributed by atoms with Gasteiger partial charge in [-0.15, -0.1) is 11.6 Å². The van der Waals surface area contributed by atoms with Crippen molar-refractivity contribution in [3.63, 3.8) is 0 Å². The second-order valence-corrected chi connectivity index (χ2v) is 10.9. The zero-order chi connectivity index (χ0) is 25.9. The van der Waals surface area contributed by atoms with Crippen LogP contribution in [0.1, 0.15) is 50.0 Å². The quantitative estimate of drug-likeness (QED) is 0.380. The van der Waals surface area contributed by atoms with Crippen molar-refractivity contribution >= 4 is 46.6 Å². The first-order valence-electron chi connectivity index (χ1n) is 11.9. The van der Waals surface area contributed by atoms with Gasteiger partial charge in [0.1, 0.15) is 11.6 Å². The maximum absolute atomic E-state index is 13.6. The molecule has 0 aromatic heterocycles. The number of carbonyl (C=O) groups excluding carboxylic acids is 2. The highest BCUT2D eigenvalue weighted by Crippen LogP contribution is 2.47. The predicted molar refractivity (Wildman–Crippen MR) is 137 cm³/mol. The number of amides is 2. The highest BCUT2D eigenvalue weighted by molar-refractivity contribution is 6.31. The van der Waals surface area contributed by atoms with Gasteiger partial charge in [0.2, 0.25) is 5.91 Å². The Labute approximate surface area is 224 Å². The molecule has 3 saturated carbocycles. The molecule has 0 spiro atoms. The van der Waals surface area contributed by atoms with E-state index in [1.54, 1.807) is 12.1 Å². The third-order valence-corrected chi connectivity index (χ3v) is 8.12. The second kappa shape index (κ2) is 11.1. The largest absolute Gasteiger partial charge is 0.484 e. The van der Waals surface area contributed by atoms with Crippen molar-refractivity contribution in [1.82, 2.24) is 10.6 Å². The monoisotopic (exact) mass is 556 g/mol. The van der Waals surface area contributed by atoms with E-state index in [1.807, 2.05) is 12.1 Å². The van der Waals surface area contributed by atoms with Crippen molar-refractivity contribution in [2.75, 3.05) is 12.5 Å². The fourth-order valence-electron chi connectivity index (χ4n) is 5.29. The average molecular weight is 558 g/mol. The lowest BCUT2D eigenvalue weighted by Gasteiger charge is -2.56. The lowest BCUT2D eigenvalue weighted by Crippen LogP contribution is -2.70. The minimum Gasteiger partial charge on any atom is -0.484 e. The normalized spacial score (nSPS) is 25.8. The number of benzene rings is 2. The molecule has 0 saturated heterocycles.